The Hall–Kier alpha value is -3.92. The van der Waals surface area contributed by atoms with E-state index < -0.39 is 12.0 Å². The quantitative estimate of drug-likeness (QED) is 0.371. The Kier molecular flexibility index (Phi) is 5.29. The van der Waals surface area contributed by atoms with E-state index in [0.29, 0.717) is 41.5 Å². The summed E-state index contributed by atoms with van der Waals surface area (Å²) in [5, 5.41) is 17.3. The molecular formula is C29H28F2N6O2. The van der Waals surface area contributed by atoms with Crippen molar-refractivity contribution < 1.29 is 18.7 Å². The van der Waals surface area contributed by atoms with E-state index in [1.165, 1.54) is 24.6 Å². The van der Waals surface area contributed by atoms with E-state index in [0.717, 1.165) is 16.9 Å². The third-order valence-corrected chi connectivity index (χ3v) is 8.40. The second-order valence-electron chi connectivity index (χ2n) is 11.4. The lowest BCUT2D eigenvalue weighted by molar-refractivity contribution is -0.209. The third kappa shape index (κ3) is 4.14. The van der Waals surface area contributed by atoms with Gasteiger partial charge < -0.3 is 15.3 Å². The van der Waals surface area contributed by atoms with Crippen LogP contribution in [0.2, 0.25) is 0 Å². The zero-order chi connectivity index (χ0) is 26.9. The number of nitrogens with zero attached hydrogens (tertiary/aromatic N) is 5. The lowest BCUT2D eigenvalue weighted by atomic mass is 9.55. The van der Waals surface area contributed by atoms with Gasteiger partial charge in [0.2, 0.25) is 0 Å². The second kappa shape index (κ2) is 8.54. The molecule has 2 N–H and O–H groups in total. The van der Waals surface area contributed by atoms with Gasteiger partial charge >= 0.3 is 0 Å². The molecule has 8 nitrogen and oxygen atoms in total. The number of aryl methyl sites for hydroxylation is 1. The first-order valence-corrected chi connectivity index (χ1v) is 13.2. The van der Waals surface area contributed by atoms with Crippen molar-refractivity contribution in [3.8, 4) is 11.3 Å². The molecule has 10 heteroatoms. The van der Waals surface area contributed by atoms with Gasteiger partial charge in [0.15, 0.2) is 0 Å². The number of hydrogen-bond acceptors (Lipinski definition) is 6. The van der Waals surface area contributed by atoms with Crippen LogP contribution in [0.15, 0.2) is 55.1 Å². The maximum Gasteiger partial charge on any atom is 0.266 e. The van der Waals surface area contributed by atoms with Gasteiger partial charge in [-0.3, -0.25) is 14.8 Å². The SMILES string of the molecule is Cc1ncc(-c2ccc(C3CC3)cn2)cc1NC(=O)c1cnn2ccc(N3CC4(C3)CC(O)(C(F)F)C4)cc12. The summed E-state index contributed by atoms with van der Waals surface area (Å²) in [6, 6.07) is 9.77. The highest BCUT2D eigenvalue weighted by atomic mass is 19.3. The van der Waals surface area contributed by atoms with Crippen molar-refractivity contribution in [1.29, 1.82) is 0 Å². The normalized spacial score (nSPS) is 19.3. The van der Waals surface area contributed by atoms with Crippen LogP contribution >= 0.6 is 0 Å². The fraction of sp³-hybridized carbons (Fsp3) is 0.379. The molecule has 1 amide bonds. The fourth-order valence-electron chi connectivity index (χ4n) is 6.14. The molecule has 0 radical (unpaired) electrons. The van der Waals surface area contributed by atoms with Crippen LogP contribution in [-0.2, 0) is 0 Å². The molecule has 3 fully saturated rings. The van der Waals surface area contributed by atoms with Crippen LogP contribution in [0.25, 0.3) is 16.8 Å². The van der Waals surface area contributed by atoms with E-state index in [9.17, 15) is 18.7 Å². The van der Waals surface area contributed by atoms with Gasteiger partial charge in [0.1, 0.15) is 5.60 Å². The topological polar surface area (TPSA) is 95.7 Å². The molecule has 39 heavy (non-hydrogen) atoms. The maximum atomic E-state index is 13.4. The van der Waals surface area contributed by atoms with Gasteiger partial charge in [-0.25, -0.2) is 13.3 Å². The monoisotopic (exact) mass is 530 g/mol. The summed E-state index contributed by atoms with van der Waals surface area (Å²) in [4.78, 5) is 24.5. The highest BCUT2D eigenvalue weighted by Crippen LogP contribution is 2.56. The number of amides is 1. The molecule has 5 heterocycles. The van der Waals surface area contributed by atoms with Gasteiger partial charge in [-0.15, -0.1) is 0 Å². The van der Waals surface area contributed by atoms with Gasteiger partial charge in [-0.1, -0.05) is 6.07 Å². The number of rotatable bonds is 6. The van der Waals surface area contributed by atoms with Crippen LogP contribution in [0.1, 0.15) is 53.2 Å². The Morgan fingerprint density at radius 3 is 2.59 bits per heavy atom. The number of anilines is 2. The Balaban J connectivity index is 1.08. The highest BCUT2D eigenvalue weighted by Gasteiger charge is 2.63. The van der Waals surface area contributed by atoms with E-state index in [-0.39, 0.29) is 24.2 Å². The van der Waals surface area contributed by atoms with E-state index in [1.54, 1.807) is 16.9 Å². The average Bonchev–Trinajstić information content (AvgIpc) is 3.65. The van der Waals surface area contributed by atoms with Gasteiger partial charge in [0, 0.05) is 48.3 Å². The van der Waals surface area contributed by atoms with E-state index in [1.807, 2.05) is 37.4 Å². The molecule has 200 valence electrons. The summed E-state index contributed by atoms with van der Waals surface area (Å²) in [5.74, 6) is 0.331. The molecule has 1 saturated heterocycles. The van der Waals surface area contributed by atoms with Crippen molar-refractivity contribution >= 4 is 22.8 Å². The van der Waals surface area contributed by atoms with Gasteiger partial charge in [0.25, 0.3) is 12.3 Å². The Labute approximate surface area is 223 Å². The number of pyridine rings is 3. The third-order valence-electron chi connectivity index (χ3n) is 8.40. The molecule has 4 aromatic heterocycles. The van der Waals surface area contributed by atoms with Crippen molar-refractivity contribution in [2.24, 2.45) is 5.41 Å². The van der Waals surface area contributed by atoms with E-state index in [4.69, 9.17) is 0 Å². The van der Waals surface area contributed by atoms with Crippen LogP contribution in [0.5, 0.6) is 0 Å². The molecule has 0 unspecified atom stereocenters. The molecule has 2 saturated carbocycles. The molecule has 0 bridgehead atoms. The molecule has 1 spiro atoms. The van der Waals surface area contributed by atoms with E-state index in [2.05, 4.69) is 31.3 Å². The summed E-state index contributed by atoms with van der Waals surface area (Å²) in [5.41, 5.74) is 3.99. The Morgan fingerprint density at radius 1 is 1.10 bits per heavy atom. The largest absolute Gasteiger partial charge is 0.384 e. The first-order valence-electron chi connectivity index (χ1n) is 13.2. The molecule has 1 aliphatic heterocycles. The van der Waals surface area contributed by atoms with Crippen molar-refractivity contribution in [3.63, 3.8) is 0 Å². The number of carbonyl (C=O) groups is 1. The summed E-state index contributed by atoms with van der Waals surface area (Å²) in [6.07, 6.45) is 6.95. The number of alkyl halides is 2. The van der Waals surface area contributed by atoms with Crippen LogP contribution in [0, 0.1) is 12.3 Å². The van der Waals surface area contributed by atoms with Gasteiger partial charge in [-0.2, -0.15) is 5.10 Å². The minimum Gasteiger partial charge on any atom is -0.384 e. The number of carbonyl (C=O) groups excluding carboxylic acids is 1. The second-order valence-corrected chi connectivity index (χ2v) is 11.4. The average molecular weight is 531 g/mol. The predicted molar refractivity (Wildman–Crippen MR) is 142 cm³/mol. The number of nitrogens with one attached hydrogen (secondary N) is 1. The minimum absolute atomic E-state index is 0.114. The van der Waals surface area contributed by atoms with Crippen LogP contribution in [0.3, 0.4) is 0 Å². The van der Waals surface area contributed by atoms with Gasteiger partial charge in [0.05, 0.1) is 34.4 Å². The van der Waals surface area contributed by atoms with E-state index >= 15 is 0 Å². The molecule has 4 aromatic rings. The first-order chi connectivity index (χ1) is 18.7. The molecule has 0 aromatic carbocycles. The van der Waals surface area contributed by atoms with Crippen molar-refractivity contribution in [2.75, 3.05) is 23.3 Å². The first kappa shape index (κ1) is 24.1. The van der Waals surface area contributed by atoms with Crippen LogP contribution in [0.4, 0.5) is 20.2 Å². The minimum atomic E-state index is -2.72. The zero-order valence-electron chi connectivity index (χ0n) is 21.4. The highest BCUT2D eigenvalue weighted by molar-refractivity contribution is 6.09. The predicted octanol–water partition coefficient (Wildman–Crippen LogP) is 4.83. The summed E-state index contributed by atoms with van der Waals surface area (Å²) < 4.78 is 27.8. The zero-order valence-corrected chi connectivity index (χ0v) is 21.4. The van der Waals surface area contributed by atoms with Gasteiger partial charge in [-0.05, 0) is 68.4 Å². The van der Waals surface area contributed by atoms with Crippen LogP contribution in [-0.4, -0.2) is 55.7 Å². The summed E-state index contributed by atoms with van der Waals surface area (Å²) in [6.45, 7) is 3.04. The lowest BCUT2D eigenvalue weighted by Gasteiger charge is -2.62. The van der Waals surface area contributed by atoms with Crippen molar-refractivity contribution in [2.45, 2.75) is 50.6 Å². The number of hydrogen-bond donors (Lipinski definition) is 2. The molecule has 2 aliphatic carbocycles. The Bertz CT molecular complexity index is 1580. The Morgan fingerprint density at radius 2 is 1.90 bits per heavy atom. The number of aliphatic hydroxyl groups is 1. The summed E-state index contributed by atoms with van der Waals surface area (Å²) in [7, 11) is 0. The molecular weight excluding hydrogens is 502 g/mol. The molecule has 7 rings (SSSR count). The van der Waals surface area contributed by atoms with Crippen LogP contribution < -0.4 is 10.2 Å². The summed E-state index contributed by atoms with van der Waals surface area (Å²) >= 11 is 0. The maximum absolute atomic E-state index is 13.4. The number of fused-ring (bicyclic) bond motifs is 1. The standard InChI is InChI=1S/C29H28F2N6O2/c1-17-24(8-20(11-32-17)23-5-4-19(10-33-23)18-2-3-18)35-26(38)22-12-34-37-7-6-21(9-25(22)37)36-15-28(16-36)13-29(39,14-28)27(30)31/h4-12,18,27,39H,2-3,13-16H2,1H3,(H,35,38). The lowest BCUT2D eigenvalue weighted by Crippen LogP contribution is -2.70. The fourth-order valence-corrected chi connectivity index (χ4v) is 6.14. The van der Waals surface area contributed by atoms with Crippen molar-refractivity contribution in [3.05, 3.63) is 71.9 Å². The van der Waals surface area contributed by atoms with Crippen molar-refractivity contribution in [1.82, 2.24) is 19.6 Å². The number of halogens is 2. The molecule has 3 aliphatic rings. The smallest absolute Gasteiger partial charge is 0.266 e. The number of aromatic nitrogens is 4. The molecule has 0 atom stereocenters.